The molecule has 0 atom stereocenters. The van der Waals surface area contributed by atoms with Crippen LogP contribution in [0.25, 0.3) is 11.5 Å². The SMILES string of the molecule is CNc1nc(-c2cscn2)nc(C)c1F. The molecule has 2 aromatic rings. The molecule has 2 heterocycles. The lowest BCUT2D eigenvalue weighted by molar-refractivity contribution is 0.607. The van der Waals surface area contributed by atoms with Crippen molar-refractivity contribution < 1.29 is 4.39 Å². The monoisotopic (exact) mass is 224 g/mol. The van der Waals surface area contributed by atoms with Crippen LogP contribution in [0.15, 0.2) is 10.9 Å². The third-order valence-electron chi connectivity index (χ3n) is 1.92. The summed E-state index contributed by atoms with van der Waals surface area (Å²) in [6.07, 6.45) is 0. The number of nitrogens with zero attached hydrogens (tertiary/aromatic N) is 3. The molecule has 1 N–H and O–H groups in total. The van der Waals surface area contributed by atoms with Crippen molar-refractivity contribution in [3.63, 3.8) is 0 Å². The van der Waals surface area contributed by atoms with Gasteiger partial charge in [0.05, 0.1) is 11.2 Å². The standard InChI is InChI=1S/C9H9FN4S/c1-5-7(10)9(11-2)14-8(13-5)6-3-15-4-12-6/h3-4H,1-2H3,(H,11,13,14). The molecule has 0 saturated carbocycles. The van der Waals surface area contributed by atoms with E-state index in [1.807, 2.05) is 5.38 Å². The van der Waals surface area contributed by atoms with E-state index in [1.54, 1.807) is 19.5 Å². The molecule has 0 aliphatic carbocycles. The van der Waals surface area contributed by atoms with Crippen LogP contribution < -0.4 is 5.32 Å². The smallest absolute Gasteiger partial charge is 0.186 e. The van der Waals surface area contributed by atoms with Crippen LogP contribution in [0.4, 0.5) is 10.2 Å². The molecule has 0 aliphatic rings. The molecule has 0 fully saturated rings. The number of halogens is 1. The van der Waals surface area contributed by atoms with Gasteiger partial charge in [-0.3, -0.25) is 0 Å². The quantitative estimate of drug-likeness (QED) is 0.848. The Morgan fingerprint density at radius 2 is 2.20 bits per heavy atom. The van der Waals surface area contributed by atoms with E-state index >= 15 is 0 Å². The van der Waals surface area contributed by atoms with Gasteiger partial charge >= 0.3 is 0 Å². The molecule has 0 saturated heterocycles. The first kappa shape index (κ1) is 9.97. The molecule has 0 aliphatic heterocycles. The van der Waals surface area contributed by atoms with Gasteiger partial charge in [0, 0.05) is 12.4 Å². The van der Waals surface area contributed by atoms with Crippen molar-refractivity contribution in [2.45, 2.75) is 6.92 Å². The van der Waals surface area contributed by atoms with Gasteiger partial charge in [-0.2, -0.15) is 0 Å². The van der Waals surface area contributed by atoms with Gasteiger partial charge in [-0.1, -0.05) is 0 Å². The largest absolute Gasteiger partial charge is 0.371 e. The molecular weight excluding hydrogens is 215 g/mol. The predicted octanol–water partition coefficient (Wildman–Crippen LogP) is 2.09. The molecule has 0 bridgehead atoms. The molecule has 0 amide bonds. The van der Waals surface area contributed by atoms with Gasteiger partial charge in [0.15, 0.2) is 17.5 Å². The van der Waals surface area contributed by atoms with E-state index in [0.717, 1.165) is 0 Å². The first-order valence-electron chi connectivity index (χ1n) is 4.33. The number of thiazole rings is 1. The summed E-state index contributed by atoms with van der Waals surface area (Å²) in [4.78, 5) is 12.2. The number of hydrogen-bond acceptors (Lipinski definition) is 5. The summed E-state index contributed by atoms with van der Waals surface area (Å²) in [5.41, 5.74) is 2.67. The molecular formula is C9H9FN4S. The second-order valence-corrected chi connectivity index (χ2v) is 3.64. The molecule has 0 aromatic carbocycles. The zero-order chi connectivity index (χ0) is 10.8. The highest BCUT2D eigenvalue weighted by Crippen LogP contribution is 2.20. The number of aromatic nitrogens is 3. The molecule has 0 unspecified atom stereocenters. The van der Waals surface area contributed by atoms with Gasteiger partial charge < -0.3 is 5.32 Å². The minimum Gasteiger partial charge on any atom is -0.371 e. The highest BCUT2D eigenvalue weighted by atomic mass is 32.1. The van der Waals surface area contributed by atoms with E-state index in [-0.39, 0.29) is 5.82 Å². The van der Waals surface area contributed by atoms with E-state index in [9.17, 15) is 4.39 Å². The van der Waals surface area contributed by atoms with Crippen LogP contribution in [0.2, 0.25) is 0 Å². The maximum Gasteiger partial charge on any atom is 0.186 e. The number of nitrogens with one attached hydrogen (secondary N) is 1. The van der Waals surface area contributed by atoms with Gasteiger partial charge in [0.1, 0.15) is 5.69 Å². The van der Waals surface area contributed by atoms with Crippen molar-refractivity contribution in [1.82, 2.24) is 15.0 Å². The minimum atomic E-state index is -0.420. The summed E-state index contributed by atoms with van der Waals surface area (Å²) in [6, 6.07) is 0. The molecule has 78 valence electrons. The molecule has 2 aromatic heterocycles. The Morgan fingerprint density at radius 3 is 2.80 bits per heavy atom. The highest BCUT2D eigenvalue weighted by Gasteiger charge is 2.12. The Hall–Kier alpha value is -1.56. The van der Waals surface area contributed by atoms with Crippen LogP contribution in [0.1, 0.15) is 5.69 Å². The van der Waals surface area contributed by atoms with Crippen LogP contribution >= 0.6 is 11.3 Å². The molecule has 15 heavy (non-hydrogen) atoms. The number of aryl methyl sites for hydroxylation is 1. The van der Waals surface area contributed by atoms with Gasteiger partial charge in [0.25, 0.3) is 0 Å². The van der Waals surface area contributed by atoms with Gasteiger partial charge in [-0.15, -0.1) is 11.3 Å². The molecule has 4 nitrogen and oxygen atoms in total. The zero-order valence-electron chi connectivity index (χ0n) is 8.28. The summed E-state index contributed by atoms with van der Waals surface area (Å²) < 4.78 is 13.4. The minimum absolute atomic E-state index is 0.200. The van der Waals surface area contributed by atoms with Crippen molar-refractivity contribution in [2.75, 3.05) is 12.4 Å². The van der Waals surface area contributed by atoms with Gasteiger partial charge in [-0.25, -0.2) is 19.3 Å². The normalized spacial score (nSPS) is 10.3. The van der Waals surface area contributed by atoms with E-state index in [2.05, 4.69) is 20.3 Å². The van der Waals surface area contributed by atoms with E-state index in [4.69, 9.17) is 0 Å². The molecule has 0 radical (unpaired) electrons. The van der Waals surface area contributed by atoms with Crippen LogP contribution in [-0.4, -0.2) is 22.0 Å². The predicted molar refractivity (Wildman–Crippen MR) is 57.4 cm³/mol. The second-order valence-electron chi connectivity index (χ2n) is 2.92. The van der Waals surface area contributed by atoms with Gasteiger partial charge in [0.2, 0.25) is 0 Å². The Bertz CT molecular complexity index is 469. The summed E-state index contributed by atoms with van der Waals surface area (Å²) in [7, 11) is 1.62. The highest BCUT2D eigenvalue weighted by molar-refractivity contribution is 7.07. The lowest BCUT2D eigenvalue weighted by atomic mass is 10.3. The Balaban J connectivity index is 2.55. The Labute approximate surface area is 90.2 Å². The van der Waals surface area contributed by atoms with E-state index in [0.29, 0.717) is 17.2 Å². The van der Waals surface area contributed by atoms with Crippen LogP contribution in [-0.2, 0) is 0 Å². The van der Waals surface area contributed by atoms with Crippen LogP contribution in [0.3, 0.4) is 0 Å². The fourth-order valence-corrected chi connectivity index (χ4v) is 1.69. The van der Waals surface area contributed by atoms with Crippen molar-refractivity contribution >= 4 is 17.2 Å². The molecule has 0 spiro atoms. The maximum atomic E-state index is 13.4. The second kappa shape index (κ2) is 3.90. The topological polar surface area (TPSA) is 50.7 Å². The number of rotatable bonds is 2. The number of anilines is 1. The van der Waals surface area contributed by atoms with E-state index in [1.165, 1.54) is 11.3 Å². The fraction of sp³-hybridized carbons (Fsp3) is 0.222. The third kappa shape index (κ3) is 1.80. The fourth-order valence-electron chi connectivity index (χ4n) is 1.16. The van der Waals surface area contributed by atoms with Crippen LogP contribution in [0.5, 0.6) is 0 Å². The van der Waals surface area contributed by atoms with Crippen molar-refractivity contribution in [2.24, 2.45) is 0 Å². The lowest BCUT2D eigenvalue weighted by Crippen LogP contribution is -2.03. The molecule has 2 rings (SSSR count). The Kier molecular flexibility index (Phi) is 2.59. The lowest BCUT2D eigenvalue weighted by Gasteiger charge is -2.05. The van der Waals surface area contributed by atoms with Crippen molar-refractivity contribution in [3.8, 4) is 11.5 Å². The Morgan fingerprint density at radius 1 is 1.40 bits per heavy atom. The van der Waals surface area contributed by atoms with Crippen molar-refractivity contribution in [1.29, 1.82) is 0 Å². The first-order chi connectivity index (χ1) is 7.22. The summed E-state index contributed by atoms with van der Waals surface area (Å²) in [6.45, 7) is 1.60. The zero-order valence-corrected chi connectivity index (χ0v) is 9.10. The molecule has 6 heteroatoms. The summed E-state index contributed by atoms with van der Waals surface area (Å²) in [5, 5.41) is 4.51. The van der Waals surface area contributed by atoms with Crippen molar-refractivity contribution in [3.05, 3.63) is 22.4 Å². The maximum absolute atomic E-state index is 13.4. The van der Waals surface area contributed by atoms with Crippen LogP contribution in [0, 0.1) is 12.7 Å². The average molecular weight is 224 g/mol. The first-order valence-corrected chi connectivity index (χ1v) is 5.27. The summed E-state index contributed by atoms with van der Waals surface area (Å²) in [5.74, 6) is 0.224. The van der Waals surface area contributed by atoms with E-state index < -0.39 is 5.82 Å². The third-order valence-corrected chi connectivity index (χ3v) is 2.50. The van der Waals surface area contributed by atoms with Gasteiger partial charge in [-0.05, 0) is 6.92 Å². The number of hydrogen-bond donors (Lipinski definition) is 1. The summed E-state index contributed by atoms with van der Waals surface area (Å²) >= 11 is 1.45. The average Bonchev–Trinajstić information content (AvgIpc) is 2.75.